The minimum absolute atomic E-state index is 0.315. The van der Waals surface area contributed by atoms with Crippen molar-refractivity contribution in [3.63, 3.8) is 0 Å². The Labute approximate surface area is 133 Å². The third-order valence-corrected chi connectivity index (χ3v) is 5.44. The van der Waals surface area contributed by atoms with Crippen molar-refractivity contribution in [1.29, 1.82) is 0 Å². The van der Waals surface area contributed by atoms with Gasteiger partial charge in [-0.2, -0.15) is 0 Å². The summed E-state index contributed by atoms with van der Waals surface area (Å²) in [6, 6.07) is 0. The van der Waals surface area contributed by atoms with Crippen LogP contribution in [-0.2, 0) is 0 Å². The zero-order chi connectivity index (χ0) is 15.4. The van der Waals surface area contributed by atoms with E-state index >= 15 is 0 Å². The highest BCUT2D eigenvalue weighted by atomic mass is 16.3. The molecule has 1 saturated carbocycles. The van der Waals surface area contributed by atoms with Crippen molar-refractivity contribution in [1.82, 2.24) is 0 Å². The van der Waals surface area contributed by atoms with Gasteiger partial charge in [0.05, 0.1) is 5.60 Å². The van der Waals surface area contributed by atoms with E-state index in [9.17, 15) is 5.11 Å². The van der Waals surface area contributed by atoms with Gasteiger partial charge in [-0.15, -0.1) is 0 Å². The van der Waals surface area contributed by atoms with Crippen LogP contribution in [0.1, 0.15) is 117 Å². The molecule has 21 heavy (non-hydrogen) atoms. The fraction of sp³-hybridized carbons (Fsp3) is 1.00. The van der Waals surface area contributed by atoms with Gasteiger partial charge in [-0.1, -0.05) is 90.9 Å². The highest BCUT2D eigenvalue weighted by Gasteiger charge is 2.28. The van der Waals surface area contributed by atoms with Crippen molar-refractivity contribution in [2.24, 2.45) is 5.92 Å². The zero-order valence-corrected chi connectivity index (χ0v) is 14.8. The Hall–Kier alpha value is -0.0400. The molecule has 1 heteroatoms. The van der Waals surface area contributed by atoms with Crippen LogP contribution in [0, 0.1) is 5.92 Å². The summed E-state index contributed by atoms with van der Waals surface area (Å²) in [6.45, 7) is 4.62. The predicted molar refractivity (Wildman–Crippen MR) is 93.7 cm³/mol. The van der Waals surface area contributed by atoms with Gasteiger partial charge in [-0.05, 0) is 31.6 Å². The molecule has 1 N–H and O–H groups in total. The van der Waals surface area contributed by atoms with E-state index in [1.807, 2.05) is 0 Å². The fourth-order valence-electron chi connectivity index (χ4n) is 3.76. The Morgan fingerprint density at radius 1 is 0.810 bits per heavy atom. The quantitative estimate of drug-likeness (QED) is 0.335. The molecule has 0 saturated heterocycles. The van der Waals surface area contributed by atoms with E-state index < -0.39 is 0 Å². The van der Waals surface area contributed by atoms with Crippen LogP contribution in [0.2, 0.25) is 0 Å². The maximum absolute atomic E-state index is 10.7. The molecule has 0 aliphatic heterocycles. The second kappa shape index (κ2) is 11.5. The second-order valence-corrected chi connectivity index (χ2v) is 7.69. The Morgan fingerprint density at radius 3 is 2.00 bits per heavy atom. The van der Waals surface area contributed by atoms with E-state index in [-0.39, 0.29) is 5.60 Å². The smallest absolute Gasteiger partial charge is 0.0648 e. The van der Waals surface area contributed by atoms with Gasteiger partial charge in [0.1, 0.15) is 0 Å². The van der Waals surface area contributed by atoms with Crippen molar-refractivity contribution in [3.8, 4) is 0 Å². The van der Waals surface area contributed by atoms with Gasteiger partial charge >= 0.3 is 0 Å². The van der Waals surface area contributed by atoms with Gasteiger partial charge in [0.25, 0.3) is 0 Å². The standard InChI is InChI=1S/C20H40O/c1-3-4-5-6-7-8-9-10-11-12-16-20(21)17-13-14-19(2)15-18-20/h19,21H,3-18H2,1-2H3. The van der Waals surface area contributed by atoms with Crippen LogP contribution >= 0.6 is 0 Å². The van der Waals surface area contributed by atoms with E-state index in [0.717, 1.165) is 25.2 Å². The molecular weight excluding hydrogens is 256 g/mol. The minimum Gasteiger partial charge on any atom is -0.390 e. The number of hydrogen-bond acceptors (Lipinski definition) is 1. The average Bonchev–Trinajstić information content (AvgIpc) is 2.63. The van der Waals surface area contributed by atoms with Crippen LogP contribution in [0.3, 0.4) is 0 Å². The van der Waals surface area contributed by atoms with Crippen LogP contribution in [0.4, 0.5) is 0 Å². The molecule has 1 nitrogen and oxygen atoms in total. The fourth-order valence-corrected chi connectivity index (χ4v) is 3.76. The van der Waals surface area contributed by atoms with Gasteiger partial charge in [0, 0.05) is 0 Å². The summed E-state index contributed by atoms with van der Waals surface area (Å²) in [5, 5.41) is 10.7. The second-order valence-electron chi connectivity index (χ2n) is 7.69. The molecule has 0 radical (unpaired) electrons. The van der Waals surface area contributed by atoms with Gasteiger partial charge < -0.3 is 5.11 Å². The molecule has 1 aliphatic rings. The molecule has 1 rings (SSSR count). The molecule has 0 heterocycles. The Bertz CT molecular complexity index is 238. The highest BCUT2D eigenvalue weighted by Crippen LogP contribution is 2.33. The summed E-state index contributed by atoms with van der Waals surface area (Å²) in [6.07, 6.45) is 20.8. The van der Waals surface area contributed by atoms with E-state index in [0.29, 0.717) is 0 Å². The average molecular weight is 297 g/mol. The molecule has 126 valence electrons. The number of aliphatic hydroxyl groups is 1. The lowest BCUT2D eigenvalue weighted by atomic mass is 9.88. The summed E-state index contributed by atoms with van der Waals surface area (Å²) in [4.78, 5) is 0. The van der Waals surface area contributed by atoms with Crippen LogP contribution in [0.15, 0.2) is 0 Å². The predicted octanol–water partition coefficient (Wildman–Crippen LogP) is 6.63. The van der Waals surface area contributed by atoms with Crippen molar-refractivity contribution in [3.05, 3.63) is 0 Å². The van der Waals surface area contributed by atoms with Gasteiger partial charge in [-0.3, -0.25) is 0 Å². The minimum atomic E-state index is -0.315. The lowest BCUT2D eigenvalue weighted by Crippen LogP contribution is -2.27. The summed E-state index contributed by atoms with van der Waals surface area (Å²) in [7, 11) is 0. The molecule has 1 aliphatic carbocycles. The molecule has 2 unspecified atom stereocenters. The molecule has 1 fully saturated rings. The van der Waals surface area contributed by atoms with Crippen LogP contribution in [0.25, 0.3) is 0 Å². The first-order chi connectivity index (χ1) is 10.2. The van der Waals surface area contributed by atoms with Crippen LogP contribution < -0.4 is 0 Å². The number of unbranched alkanes of at least 4 members (excludes halogenated alkanes) is 9. The van der Waals surface area contributed by atoms with E-state index in [1.165, 1.54) is 83.5 Å². The lowest BCUT2D eigenvalue weighted by molar-refractivity contribution is 0.0132. The van der Waals surface area contributed by atoms with Crippen molar-refractivity contribution < 1.29 is 5.11 Å². The lowest BCUT2D eigenvalue weighted by Gasteiger charge is -2.26. The van der Waals surface area contributed by atoms with Crippen LogP contribution in [0.5, 0.6) is 0 Å². The monoisotopic (exact) mass is 296 g/mol. The number of rotatable bonds is 11. The van der Waals surface area contributed by atoms with E-state index in [1.54, 1.807) is 0 Å². The van der Waals surface area contributed by atoms with Crippen molar-refractivity contribution in [2.75, 3.05) is 0 Å². The Morgan fingerprint density at radius 2 is 1.38 bits per heavy atom. The molecule has 0 spiro atoms. The largest absolute Gasteiger partial charge is 0.390 e. The summed E-state index contributed by atoms with van der Waals surface area (Å²) in [5.74, 6) is 0.826. The van der Waals surface area contributed by atoms with Gasteiger partial charge in [-0.25, -0.2) is 0 Å². The number of hydrogen-bond donors (Lipinski definition) is 1. The van der Waals surface area contributed by atoms with Crippen LogP contribution in [-0.4, -0.2) is 10.7 Å². The Balaban J connectivity index is 1.93. The van der Waals surface area contributed by atoms with E-state index in [2.05, 4.69) is 13.8 Å². The molecule has 0 aromatic rings. The third kappa shape index (κ3) is 9.55. The highest BCUT2D eigenvalue weighted by molar-refractivity contribution is 4.82. The molecule has 0 aromatic heterocycles. The molecule has 0 aromatic carbocycles. The molecule has 2 atom stereocenters. The topological polar surface area (TPSA) is 20.2 Å². The van der Waals surface area contributed by atoms with Gasteiger partial charge in [0.15, 0.2) is 0 Å². The first kappa shape index (κ1) is 19.0. The van der Waals surface area contributed by atoms with E-state index in [4.69, 9.17) is 0 Å². The zero-order valence-electron chi connectivity index (χ0n) is 14.8. The van der Waals surface area contributed by atoms with Crippen molar-refractivity contribution in [2.45, 2.75) is 122 Å². The van der Waals surface area contributed by atoms with Gasteiger partial charge in [0.2, 0.25) is 0 Å². The normalized spacial score (nSPS) is 26.7. The summed E-state index contributed by atoms with van der Waals surface area (Å²) in [5.41, 5.74) is -0.315. The molecular formula is C20H40O. The van der Waals surface area contributed by atoms with Crippen molar-refractivity contribution >= 4 is 0 Å². The maximum Gasteiger partial charge on any atom is 0.0648 e. The SMILES string of the molecule is CCCCCCCCCCCCC1(O)CCCC(C)CC1. The Kier molecular flexibility index (Phi) is 10.4. The summed E-state index contributed by atoms with van der Waals surface area (Å²) < 4.78 is 0. The molecule has 0 bridgehead atoms. The maximum atomic E-state index is 10.7. The molecule has 0 amide bonds. The first-order valence-electron chi connectivity index (χ1n) is 9.89. The third-order valence-electron chi connectivity index (χ3n) is 5.44. The summed E-state index contributed by atoms with van der Waals surface area (Å²) >= 11 is 0. The first-order valence-corrected chi connectivity index (χ1v) is 9.89.